The molecule has 0 saturated heterocycles. The summed E-state index contributed by atoms with van der Waals surface area (Å²) in [6.45, 7) is 8.01. The van der Waals surface area contributed by atoms with Crippen LogP contribution in [0.15, 0.2) is 0 Å². The van der Waals surface area contributed by atoms with Crippen LogP contribution in [0.1, 0.15) is 73.1 Å². The zero-order chi connectivity index (χ0) is 34.0. The van der Waals surface area contributed by atoms with Crippen LogP contribution in [0.3, 0.4) is 0 Å². The Bertz CT molecular complexity index is 947. The molecule has 0 aromatic carbocycles. The molecule has 16 heteroatoms. The molecule has 0 radical (unpaired) electrons. The summed E-state index contributed by atoms with van der Waals surface area (Å²) in [6.07, 6.45) is 2.38. The highest BCUT2D eigenvalue weighted by molar-refractivity contribution is 5.96. The predicted octanol–water partition coefficient (Wildman–Crippen LogP) is -2.60. The Morgan fingerprint density at radius 1 is 0.568 bits per heavy atom. The minimum Gasteiger partial charge on any atom is -0.480 e. The smallest absolute Gasteiger partial charge is 0.326 e. The molecule has 6 atom stereocenters. The van der Waals surface area contributed by atoms with Crippen molar-refractivity contribution in [3.63, 3.8) is 0 Å². The molecule has 0 aliphatic heterocycles. The van der Waals surface area contributed by atoms with E-state index in [2.05, 4.69) is 26.6 Å². The van der Waals surface area contributed by atoms with Crippen LogP contribution < -0.4 is 43.8 Å². The first-order valence-electron chi connectivity index (χ1n) is 15.1. The maximum Gasteiger partial charge on any atom is 0.326 e. The number of aliphatic carboxylic acids is 1. The first kappa shape index (κ1) is 40.7. The summed E-state index contributed by atoms with van der Waals surface area (Å²) in [4.78, 5) is 76.3. The second-order valence-electron chi connectivity index (χ2n) is 11.5. The minimum absolute atomic E-state index is 0.149. The molecule has 16 nitrogen and oxygen atoms in total. The first-order chi connectivity index (χ1) is 20.6. The number of rotatable bonds is 22. The van der Waals surface area contributed by atoms with Gasteiger partial charge in [0, 0.05) is 0 Å². The van der Waals surface area contributed by atoms with Gasteiger partial charge in [0.2, 0.25) is 29.5 Å². The van der Waals surface area contributed by atoms with Gasteiger partial charge in [-0.2, -0.15) is 0 Å². The molecule has 0 heterocycles. The maximum atomic E-state index is 13.4. The SMILES string of the molecule is CC(C)[C@H](NC(=O)[C@H](CCCCN)NC(=O)[C@@H](NC(=O)[C@H](CCCCN)NC(=O)[C@H](CO)NC(=O)[C@H](C)N)C(C)C)C(=O)O. The van der Waals surface area contributed by atoms with Gasteiger partial charge in [0.25, 0.3) is 0 Å². The zero-order valence-electron chi connectivity index (χ0n) is 26.6. The number of nitrogens with two attached hydrogens (primary N) is 3. The molecular formula is C28H54N8O8. The van der Waals surface area contributed by atoms with Crippen LogP contribution in [0.4, 0.5) is 0 Å². The van der Waals surface area contributed by atoms with Crippen molar-refractivity contribution < 1.29 is 39.0 Å². The van der Waals surface area contributed by atoms with E-state index in [1.807, 2.05) is 0 Å². The molecule has 0 rings (SSSR count). The van der Waals surface area contributed by atoms with E-state index in [1.54, 1.807) is 27.7 Å². The summed E-state index contributed by atoms with van der Waals surface area (Å²) in [5.41, 5.74) is 16.7. The molecule has 5 amide bonds. The third-order valence-corrected chi connectivity index (χ3v) is 6.87. The highest BCUT2D eigenvalue weighted by atomic mass is 16.4. The molecule has 0 bridgehead atoms. The Morgan fingerprint density at radius 3 is 1.32 bits per heavy atom. The predicted molar refractivity (Wildman–Crippen MR) is 164 cm³/mol. The number of aliphatic hydroxyl groups is 1. The number of carbonyl (C=O) groups is 6. The number of aliphatic hydroxyl groups excluding tert-OH is 1. The number of nitrogens with one attached hydrogen (secondary N) is 5. The Morgan fingerprint density at radius 2 is 0.955 bits per heavy atom. The third kappa shape index (κ3) is 14.9. The molecule has 0 saturated carbocycles. The lowest BCUT2D eigenvalue weighted by atomic mass is 9.99. The van der Waals surface area contributed by atoms with E-state index in [0.717, 1.165) is 0 Å². The van der Waals surface area contributed by atoms with Crippen molar-refractivity contribution in [3.8, 4) is 0 Å². The summed E-state index contributed by atoms with van der Waals surface area (Å²) in [5, 5.41) is 31.7. The van der Waals surface area contributed by atoms with E-state index in [9.17, 15) is 39.0 Å². The van der Waals surface area contributed by atoms with Crippen LogP contribution in [0.25, 0.3) is 0 Å². The average molecular weight is 631 g/mol. The van der Waals surface area contributed by atoms with E-state index in [1.165, 1.54) is 6.92 Å². The number of amides is 5. The largest absolute Gasteiger partial charge is 0.480 e. The molecule has 13 N–H and O–H groups in total. The van der Waals surface area contributed by atoms with Gasteiger partial charge in [-0.1, -0.05) is 27.7 Å². The van der Waals surface area contributed by atoms with Crippen LogP contribution in [0.5, 0.6) is 0 Å². The molecule has 254 valence electrons. The summed E-state index contributed by atoms with van der Waals surface area (Å²) < 4.78 is 0. The van der Waals surface area contributed by atoms with E-state index in [0.29, 0.717) is 38.8 Å². The second kappa shape index (κ2) is 21.4. The molecule has 0 fully saturated rings. The average Bonchev–Trinajstić information content (AvgIpc) is 2.95. The van der Waals surface area contributed by atoms with Crippen LogP contribution in [0, 0.1) is 11.8 Å². The van der Waals surface area contributed by atoms with Gasteiger partial charge in [0.15, 0.2) is 0 Å². The normalized spacial score (nSPS) is 15.3. The molecule has 0 aliphatic carbocycles. The van der Waals surface area contributed by atoms with Crippen molar-refractivity contribution in [2.75, 3.05) is 19.7 Å². The Kier molecular flexibility index (Phi) is 19.8. The van der Waals surface area contributed by atoms with Gasteiger partial charge in [-0.3, -0.25) is 24.0 Å². The van der Waals surface area contributed by atoms with Crippen LogP contribution in [-0.4, -0.2) is 102 Å². The van der Waals surface area contributed by atoms with Gasteiger partial charge in [-0.05, 0) is 70.4 Å². The standard InChI is InChI=1S/C28H54N8O8/c1-15(2)21(27(42)33-19(11-7-9-13-30)25(40)36-22(16(3)4)28(43)44)35-24(39)18(10-6-8-12-29)32-26(41)20(14-37)34-23(38)17(5)31/h15-22,37H,6-14,29-31H2,1-5H3,(H,32,41)(H,33,42)(H,34,38)(H,35,39)(H,36,40)(H,43,44)/t17-,18-,19-,20-,21-,22-/m0/s1. The van der Waals surface area contributed by atoms with Crippen molar-refractivity contribution >= 4 is 35.5 Å². The first-order valence-corrected chi connectivity index (χ1v) is 15.1. The number of carboxylic acids is 1. The summed E-state index contributed by atoms with van der Waals surface area (Å²) in [6, 6.07) is -6.84. The zero-order valence-corrected chi connectivity index (χ0v) is 26.6. The highest BCUT2D eigenvalue weighted by Crippen LogP contribution is 2.10. The van der Waals surface area contributed by atoms with Crippen LogP contribution in [-0.2, 0) is 28.8 Å². The lowest BCUT2D eigenvalue weighted by Crippen LogP contribution is -2.60. The lowest BCUT2D eigenvalue weighted by molar-refractivity contribution is -0.143. The Labute approximate surface area is 259 Å². The van der Waals surface area contributed by atoms with Crippen molar-refractivity contribution in [3.05, 3.63) is 0 Å². The van der Waals surface area contributed by atoms with Gasteiger partial charge in [0.1, 0.15) is 30.2 Å². The van der Waals surface area contributed by atoms with Gasteiger partial charge in [-0.25, -0.2) is 4.79 Å². The minimum atomic E-state index is -1.37. The Hall–Kier alpha value is -3.34. The van der Waals surface area contributed by atoms with E-state index < -0.39 is 90.2 Å². The van der Waals surface area contributed by atoms with Gasteiger partial charge >= 0.3 is 5.97 Å². The number of hydrogen-bond donors (Lipinski definition) is 10. The van der Waals surface area contributed by atoms with Gasteiger partial charge in [-0.15, -0.1) is 0 Å². The summed E-state index contributed by atoms with van der Waals surface area (Å²) in [7, 11) is 0. The van der Waals surface area contributed by atoms with E-state index >= 15 is 0 Å². The van der Waals surface area contributed by atoms with Gasteiger partial charge < -0.3 is 54.0 Å². The van der Waals surface area contributed by atoms with Crippen molar-refractivity contribution in [1.82, 2.24) is 26.6 Å². The molecule has 0 aromatic rings. The van der Waals surface area contributed by atoms with Crippen LogP contribution in [0.2, 0.25) is 0 Å². The molecular weight excluding hydrogens is 576 g/mol. The fourth-order valence-electron chi connectivity index (χ4n) is 4.11. The Balaban J connectivity index is 5.90. The quantitative estimate of drug-likeness (QED) is 0.0554. The van der Waals surface area contributed by atoms with Crippen molar-refractivity contribution in [2.45, 2.75) is 109 Å². The number of hydrogen-bond acceptors (Lipinski definition) is 10. The summed E-state index contributed by atoms with van der Waals surface area (Å²) >= 11 is 0. The number of carboxylic acid groups (broad SMARTS) is 1. The fourth-order valence-corrected chi connectivity index (χ4v) is 4.11. The topological polar surface area (TPSA) is 281 Å². The fraction of sp³-hybridized carbons (Fsp3) is 0.786. The number of unbranched alkanes of at least 4 members (excludes halogenated alkanes) is 2. The number of carbonyl (C=O) groups excluding carboxylic acids is 5. The van der Waals surface area contributed by atoms with E-state index in [-0.39, 0.29) is 12.8 Å². The molecule has 44 heavy (non-hydrogen) atoms. The second-order valence-corrected chi connectivity index (χ2v) is 11.5. The van der Waals surface area contributed by atoms with E-state index in [4.69, 9.17) is 17.2 Å². The summed E-state index contributed by atoms with van der Waals surface area (Å²) in [5.74, 6) is -5.63. The molecule has 0 aromatic heterocycles. The van der Waals surface area contributed by atoms with Crippen molar-refractivity contribution in [2.24, 2.45) is 29.0 Å². The molecule has 0 spiro atoms. The van der Waals surface area contributed by atoms with Gasteiger partial charge in [0.05, 0.1) is 12.6 Å². The highest BCUT2D eigenvalue weighted by Gasteiger charge is 2.34. The van der Waals surface area contributed by atoms with Crippen molar-refractivity contribution in [1.29, 1.82) is 0 Å². The lowest BCUT2D eigenvalue weighted by Gasteiger charge is -2.28. The monoisotopic (exact) mass is 630 g/mol. The molecule has 0 unspecified atom stereocenters. The maximum absolute atomic E-state index is 13.4. The molecule has 0 aliphatic rings. The van der Waals surface area contributed by atoms with Crippen LogP contribution >= 0.6 is 0 Å². The third-order valence-electron chi connectivity index (χ3n) is 6.87.